The van der Waals surface area contributed by atoms with Crippen LogP contribution in [-0.4, -0.2) is 43.1 Å². The van der Waals surface area contributed by atoms with Crippen LogP contribution in [0.2, 0.25) is 0 Å². The van der Waals surface area contributed by atoms with Gasteiger partial charge >= 0.3 is 0 Å². The first-order chi connectivity index (χ1) is 12.2. The summed E-state index contributed by atoms with van der Waals surface area (Å²) in [4.78, 5) is 27.5. The number of hydrogen-bond donors (Lipinski definition) is 1. The van der Waals surface area contributed by atoms with Crippen molar-refractivity contribution in [2.24, 2.45) is 0 Å². The van der Waals surface area contributed by atoms with Crippen molar-refractivity contribution in [3.63, 3.8) is 0 Å². The lowest BCUT2D eigenvalue weighted by atomic mass is 10.1. The molecule has 1 N–H and O–H groups in total. The second-order valence-electron chi connectivity index (χ2n) is 5.66. The number of benzene rings is 1. The van der Waals surface area contributed by atoms with Crippen LogP contribution in [0.15, 0.2) is 41.8 Å². The predicted octanol–water partition coefficient (Wildman–Crippen LogP) is 1.80. The molecule has 0 bridgehead atoms. The van der Waals surface area contributed by atoms with Crippen LogP contribution in [0.4, 0.5) is 0 Å². The normalized spacial score (nSPS) is 17.4. The van der Waals surface area contributed by atoms with E-state index in [4.69, 9.17) is 9.47 Å². The van der Waals surface area contributed by atoms with Gasteiger partial charge in [-0.2, -0.15) is 0 Å². The van der Waals surface area contributed by atoms with E-state index in [9.17, 15) is 9.59 Å². The molecule has 3 rings (SSSR count). The number of amides is 2. The van der Waals surface area contributed by atoms with Gasteiger partial charge in [0.15, 0.2) is 0 Å². The third-order valence-electron chi connectivity index (χ3n) is 4.05. The molecule has 1 aliphatic rings. The van der Waals surface area contributed by atoms with Crippen molar-refractivity contribution < 1.29 is 19.1 Å². The van der Waals surface area contributed by atoms with Crippen LogP contribution in [0.3, 0.4) is 0 Å². The van der Waals surface area contributed by atoms with E-state index in [-0.39, 0.29) is 25.0 Å². The number of thiophene rings is 1. The van der Waals surface area contributed by atoms with E-state index < -0.39 is 6.04 Å². The molecular weight excluding hydrogens is 340 g/mol. The summed E-state index contributed by atoms with van der Waals surface area (Å²) in [5, 5.41) is 4.84. The van der Waals surface area contributed by atoms with Crippen molar-refractivity contribution in [2.45, 2.75) is 19.1 Å². The molecule has 0 saturated carbocycles. The monoisotopic (exact) mass is 360 g/mol. The number of hydrogen-bond acceptors (Lipinski definition) is 5. The van der Waals surface area contributed by atoms with Gasteiger partial charge in [0.25, 0.3) is 0 Å². The summed E-state index contributed by atoms with van der Waals surface area (Å²) in [5.41, 5.74) is 0.881. The van der Waals surface area contributed by atoms with Crippen LogP contribution >= 0.6 is 11.3 Å². The van der Waals surface area contributed by atoms with Crippen molar-refractivity contribution in [3.05, 3.63) is 52.2 Å². The molecule has 1 aliphatic heterocycles. The molecule has 0 aliphatic carbocycles. The second-order valence-corrected chi connectivity index (χ2v) is 6.69. The van der Waals surface area contributed by atoms with Gasteiger partial charge in [-0.05, 0) is 17.5 Å². The van der Waals surface area contributed by atoms with Crippen LogP contribution in [0.25, 0.3) is 0 Å². The first-order valence-electron chi connectivity index (χ1n) is 7.98. The maximum absolute atomic E-state index is 12.6. The van der Waals surface area contributed by atoms with E-state index in [1.165, 1.54) is 0 Å². The van der Waals surface area contributed by atoms with Gasteiger partial charge in [-0.25, -0.2) is 0 Å². The van der Waals surface area contributed by atoms with Gasteiger partial charge in [-0.3, -0.25) is 9.59 Å². The molecule has 0 spiro atoms. The minimum absolute atomic E-state index is 0.0155. The molecule has 0 radical (unpaired) electrons. The van der Waals surface area contributed by atoms with E-state index in [2.05, 4.69) is 5.32 Å². The highest BCUT2D eigenvalue weighted by Gasteiger charge is 2.34. The SMILES string of the molecule is COc1ccccc1CNC(=O)C1COCC(=O)N1Cc1cccs1. The average Bonchev–Trinajstić information content (AvgIpc) is 3.14. The van der Waals surface area contributed by atoms with E-state index in [0.29, 0.717) is 18.8 Å². The van der Waals surface area contributed by atoms with E-state index in [1.54, 1.807) is 23.3 Å². The molecule has 25 heavy (non-hydrogen) atoms. The van der Waals surface area contributed by atoms with Crippen molar-refractivity contribution in [1.29, 1.82) is 0 Å². The fourth-order valence-corrected chi connectivity index (χ4v) is 3.44. The smallest absolute Gasteiger partial charge is 0.249 e. The Morgan fingerprint density at radius 3 is 2.96 bits per heavy atom. The van der Waals surface area contributed by atoms with Gasteiger partial charge in [0.1, 0.15) is 18.4 Å². The third kappa shape index (κ3) is 4.18. The topological polar surface area (TPSA) is 67.9 Å². The lowest BCUT2D eigenvalue weighted by Crippen LogP contribution is -2.55. The lowest BCUT2D eigenvalue weighted by molar-refractivity contribution is -0.155. The summed E-state index contributed by atoms with van der Waals surface area (Å²) in [6.45, 7) is 0.976. The Labute approximate surface area is 150 Å². The van der Waals surface area contributed by atoms with Gasteiger partial charge in [0.05, 0.1) is 20.3 Å². The number of methoxy groups -OCH3 is 1. The highest BCUT2D eigenvalue weighted by Crippen LogP contribution is 2.19. The van der Waals surface area contributed by atoms with Crippen LogP contribution in [0, 0.1) is 0 Å². The Bertz CT molecular complexity index is 732. The minimum Gasteiger partial charge on any atom is -0.496 e. The zero-order chi connectivity index (χ0) is 17.6. The fraction of sp³-hybridized carbons (Fsp3) is 0.333. The minimum atomic E-state index is -0.627. The molecule has 7 heteroatoms. The van der Waals surface area contributed by atoms with Crippen LogP contribution in [0.1, 0.15) is 10.4 Å². The average molecular weight is 360 g/mol. The highest BCUT2D eigenvalue weighted by atomic mass is 32.1. The van der Waals surface area contributed by atoms with Crippen molar-refractivity contribution in [1.82, 2.24) is 10.2 Å². The molecule has 1 saturated heterocycles. The first-order valence-corrected chi connectivity index (χ1v) is 8.86. The maximum atomic E-state index is 12.6. The lowest BCUT2D eigenvalue weighted by Gasteiger charge is -2.34. The largest absolute Gasteiger partial charge is 0.496 e. The van der Waals surface area contributed by atoms with E-state index in [0.717, 1.165) is 10.4 Å². The number of nitrogens with zero attached hydrogens (tertiary/aromatic N) is 1. The van der Waals surface area contributed by atoms with Crippen LogP contribution < -0.4 is 10.1 Å². The zero-order valence-corrected chi connectivity index (χ0v) is 14.8. The zero-order valence-electron chi connectivity index (χ0n) is 13.9. The number of carbonyl (C=O) groups excluding carboxylic acids is 2. The summed E-state index contributed by atoms with van der Waals surface area (Å²) < 4.78 is 10.6. The summed E-state index contributed by atoms with van der Waals surface area (Å²) in [6, 6.07) is 10.8. The molecule has 1 unspecified atom stereocenters. The Morgan fingerprint density at radius 2 is 2.20 bits per heavy atom. The van der Waals surface area contributed by atoms with Gasteiger partial charge in [-0.1, -0.05) is 24.3 Å². The Balaban J connectivity index is 1.67. The predicted molar refractivity (Wildman–Crippen MR) is 94.3 cm³/mol. The number of morpholine rings is 1. The van der Waals surface area contributed by atoms with Crippen molar-refractivity contribution in [2.75, 3.05) is 20.3 Å². The van der Waals surface area contributed by atoms with Gasteiger partial charge in [0.2, 0.25) is 11.8 Å². The standard InChI is InChI=1S/C18H20N2O4S/c1-23-16-7-3-2-5-13(16)9-19-18(22)15-11-24-12-17(21)20(15)10-14-6-4-8-25-14/h2-8,15H,9-12H2,1H3,(H,19,22). The second kappa shape index (κ2) is 8.13. The molecule has 132 valence electrons. The van der Waals surface area contributed by atoms with Gasteiger partial charge < -0.3 is 19.7 Å². The maximum Gasteiger partial charge on any atom is 0.249 e. The molecular formula is C18H20N2O4S. The fourth-order valence-electron chi connectivity index (χ4n) is 2.74. The van der Waals surface area contributed by atoms with Crippen molar-refractivity contribution in [3.8, 4) is 5.75 Å². The number of ether oxygens (including phenoxy) is 2. The van der Waals surface area contributed by atoms with Crippen LogP contribution in [-0.2, 0) is 27.4 Å². The Kier molecular flexibility index (Phi) is 5.67. The molecule has 2 amide bonds. The highest BCUT2D eigenvalue weighted by molar-refractivity contribution is 7.09. The molecule has 1 aromatic heterocycles. The quantitative estimate of drug-likeness (QED) is 0.853. The summed E-state index contributed by atoms with van der Waals surface area (Å²) in [5.74, 6) is 0.321. The Morgan fingerprint density at radius 1 is 1.36 bits per heavy atom. The van der Waals surface area contributed by atoms with Crippen molar-refractivity contribution >= 4 is 23.2 Å². The first kappa shape index (κ1) is 17.4. The van der Waals surface area contributed by atoms with E-state index in [1.807, 2.05) is 41.8 Å². The molecule has 2 aromatic rings. The van der Waals surface area contributed by atoms with Gasteiger partial charge in [0, 0.05) is 17.0 Å². The van der Waals surface area contributed by atoms with E-state index >= 15 is 0 Å². The molecule has 6 nitrogen and oxygen atoms in total. The number of carbonyl (C=O) groups is 2. The Hall–Kier alpha value is -2.38. The molecule has 2 heterocycles. The van der Waals surface area contributed by atoms with Crippen LogP contribution in [0.5, 0.6) is 5.75 Å². The summed E-state index contributed by atoms with van der Waals surface area (Å²) in [7, 11) is 1.59. The number of para-hydroxylation sites is 1. The number of nitrogens with one attached hydrogen (secondary N) is 1. The summed E-state index contributed by atoms with van der Waals surface area (Å²) >= 11 is 1.56. The molecule has 1 fully saturated rings. The molecule has 1 atom stereocenters. The van der Waals surface area contributed by atoms with Gasteiger partial charge in [-0.15, -0.1) is 11.3 Å². The molecule has 1 aromatic carbocycles. The summed E-state index contributed by atoms with van der Waals surface area (Å²) in [6.07, 6.45) is 0. The third-order valence-corrected chi connectivity index (χ3v) is 4.91. The number of rotatable bonds is 6.